The molecule has 2 heteroatoms. The predicted octanol–water partition coefficient (Wildman–Crippen LogP) is 3.71. The summed E-state index contributed by atoms with van der Waals surface area (Å²) in [5.74, 6) is 1.74. The molecule has 0 aromatic heterocycles. The fourth-order valence-electron chi connectivity index (χ4n) is 3.62. The van der Waals surface area contributed by atoms with Gasteiger partial charge in [0.2, 0.25) is 0 Å². The van der Waals surface area contributed by atoms with Crippen molar-refractivity contribution in [3.63, 3.8) is 0 Å². The Kier molecular flexibility index (Phi) is 3.47. The van der Waals surface area contributed by atoms with E-state index in [1.807, 2.05) is 6.07 Å². The van der Waals surface area contributed by atoms with Crippen molar-refractivity contribution in [3.05, 3.63) is 60.2 Å². The average Bonchev–Trinajstić information content (AvgIpc) is 3.06. The van der Waals surface area contributed by atoms with Gasteiger partial charge in [0.1, 0.15) is 0 Å². The minimum Gasteiger partial charge on any atom is -0.462 e. The van der Waals surface area contributed by atoms with Crippen LogP contribution in [-0.2, 0) is 9.53 Å². The monoisotopic (exact) mass is 268 g/mol. The molecule has 4 atom stereocenters. The number of esters is 1. The van der Waals surface area contributed by atoms with Gasteiger partial charge in [-0.2, -0.15) is 0 Å². The second-order valence-corrected chi connectivity index (χ2v) is 5.93. The quantitative estimate of drug-likeness (QED) is 0.473. The van der Waals surface area contributed by atoms with Crippen LogP contribution in [0.4, 0.5) is 0 Å². The molecule has 4 unspecified atom stereocenters. The summed E-state index contributed by atoms with van der Waals surface area (Å²) in [6, 6.07) is 10.6. The summed E-state index contributed by atoms with van der Waals surface area (Å²) in [5.41, 5.74) is 1.83. The highest BCUT2D eigenvalue weighted by Crippen LogP contribution is 2.52. The van der Waals surface area contributed by atoms with E-state index in [0.717, 1.165) is 0 Å². The van der Waals surface area contributed by atoms with Gasteiger partial charge in [0.25, 0.3) is 0 Å². The summed E-state index contributed by atoms with van der Waals surface area (Å²) >= 11 is 0. The van der Waals surface area contributed by atoms with Crippen molar-refractivity contribution in [2.75, 3.05) is 6.61 Å². The SMILES string of the molecule is C=C(C)C(=O)OCC1C2C=CC(C2)C1c1ccccc1. The van der Waals surface area contributed by atoms with E-state index in [-0.39, 0.29) is 5.97 Å². The molecule has 3 rings (SSSR count). The lowest BCUT2D eigenvalue weighted by Gasteiger charge is -2.28. The van der Waals surface area contributed by atoms with Gasteiger partial charge < -0.3 is 4.74 Å². The zero-order chi connectivity index (χ0) is 14.1. The van der Waals surface area contributed by atoms with Crippen LogP contribution in [0.3, 0.4) is 0 Å². The Hall–Kier alpha value is -1.83. The molecule has 2 nitrogen and oxygen atoms in total. The second kappa shape index (κ2) is 5.28. The smallest absolute Gasteiger partial charge is 0.333 e. The highest BCUT2D eigenvalue weighted by molar-refractivity contribution is 5.86. The van der Waals surface area contributed by atoms with Crippen LogP contribution >= 0.6 is 0 Å². The van der Waals surface area contributed by atoms with Crippen molar-refractivity contribution < 1.29 is 9.53 Å². The number of ether oxygens (including phenoxy) is 1. The molecule has 0 heterocycles. The van der Waals surface area contributed by atoms with E-state index in [4.69, 9.17) is 4.74 Å². The number of hydrogen-bond acceptors (Lipinski definition) is 2. The minimum atomic E-state index is -0.274. The molecule has 2 bridgehead atoms. The van der Waals surface area contributed by atoms with Crippen LogP contribution in [0.2, 0.25) is 0 Å². The summed E-state index contributed by atoms with van der Waals surface area (Å²) in [6.07, 6.45) is 5.82. The molecule has 1 saturated carbocycles. The molecule has 0 aliphatic heterocycles. The molecule has 0 amide bonds. The molecule has 1 aromatic rings. The first-order chi connectivity index (χ1) is 9.66. The van der Waals surface area contributed by atoms with Crippen molar-refractivity contribution in [1.29, 1.82) is 0 Å². The zero-order valence-corrected chi connectivity index (χ0v) is 11.8. The standard InChI is InChI=1S/C18H20O2/c1-12(2)18(19)20-11-16-14-8-9-15(10-14)17(16)13-6-4-3-5-7-13/h3-9,14-17H,1,10-11H2,2H3. The maximum absolute atomic E-state index is 11.6. The molecule has 0 spiro atoms. The predicted molar refractivity (Wildman–Crippen MR) is 79.2 cm³/mol. The van der Waals surface area contributed by atoms with Crippen molar-refractivity contribution >= 4 is 5.97 Å². The lowest BCUT2D eigenvalue weighted by atomic mass is 9.79. The molecule has 2 aliphatic rings. The van der Waals surface area contributed by atoms with E-state index in [1.165, 1.54) is 12.0 Å². The van der Waals surface area contributed by atoms with E-state index < -0.39 is 0 Å². The van der Waals surface area contributed by atoms with Gasteiger partial charge >= 0.3 is 5.97 Å². The lowest BCUT2D eigenvalue weighted by molar-refractivity contribution is -0.140. The minimum absolute atomic E-state index is 0.274. The van der Waals surface area contributed by atoms with Crippen LogP contribution in [0.25, 0.3) is 0 Å². The van der Waals surface area contributed by atoms with Crippen LogP contribution in [-0.4, -0.2) is 12.6 Å². The number of carbonyl (C=O) groups excluding carboxylic acids is 1. The van der Waals surface area contributed by atoms with Gasteiger partial charge in [-0.25, -0.2) is 4.79 Å². The van der Waals surface area contributed by atoms with E-state index >= 15 is 0 Å². The number of rotatable bonds is 4. The van der Waals surface area contributed by atoms with Crippen molar-refractivity contribution in [1.82, 2.24) is 0 Å². The topological polar surface area (TPSA) is 26.3 Å². The Morgan fingerprint density at radius 3 is 2.65 bits per heavy atom. The summed E-state index contributed by atoms with van der Waals surface area (Å²) in [5, 5.41) is 0. The molecule has 0 N–H and O–H groups in total. The molecule has 2 aliphatic carbocycles. The Morgan fingerprint density at radius 1 is 1.25 bits per heavy atom. The highest BCUT2D eigenvalue weighted by Gasteiger charge is 2.45. The van der Waals surface area contributed by atoms with E-state index in [9.17, 15) is 4.79 Å². The van der Waals surface area contributed by atoms with Gasteiger partial charge in [-0.15, -0.1) is 0 Å². The maximum atomic E-state index is 11.6. The van der Waals surface area contributed by atoms with E-state index in [1.54, 1.807) is 6.92 Å². The molecule has 1 aromatic carbocycles. The summed E-state index contributed by atoms with van der Waals surface area (Å²) < 4.78 is 5.42. The number of benzene rings is 1. The van der Waals surface area contributed by atoms with Gasteiger partial charge in [0.05, 0.1) is 6.61 Å². The number of hydrogen-bond donors (Lipinski definition) is 0. The van der Waals surface area contributed by atoms with E-state index in [0.29, 0.717) is 35.9 Å². The van der Waals surface area contributed by atoms with Gasteiger partial charge in [0, 0.05) is 11.5 Å². The Labute approximate surface area is 120 Å². The first-order valence-electron chi connectivity index (χ1n) is 7.22. The Balaban J connectivity index is 1.76. The van der Waals surface area contributed by atoms with Crippen molar-refractivity contribution in [2.24, 2.45) is 17.8 Å². The number of fused-ring (bicyclic) bond motifs is 2. The number of allylic oxidation sites excluding steroid dienone is 2. The summed E-state index contributed by atoms with van der Waals surface area (Å²) in [6.45, 7) is 5.83. The third-order valence-electron chi connectivity index (χ3n) is 4.56. The third kappa shape index (κ3) is 2.31. The zero-order valence-electron chi connectivity index (χ0n) is 11.8. The molecule has 0 saturated heterocycles. The van der Waals surface area contributed by atoms with Gasteiger partial charge in [-0.3, -0.25) is 0 Å². The summed E-state index contributed by atoms with van der Waals surface area (Å²) in [4.78, 5) is 11.6. The molecule has 1 fully saturated rings. The molecule has 20 heavy (non-hydrogen) atoms. The van der Waals surface area contributed by atoms with Crippen molar-refractivity contribution in [2.45, 2.75) is 19.3 Å². The normalized spacial score (nSPS) is 30.4. The van der Waals surface area contributed by atoms with Crippen LogP contribution < -0.4 is 0 Å². The molecule has 104 valence electrons. The first kappa shape index (κ1) is 13.2. The van der Waals surface area contributed by atoms with Crippen LogP contribution in [0.5, 0.6) is 0 Å². The number of carbonyl (C=O) groups is 1. The van der Waals surface area contributed by atoms with Crippen LogP contribution in [0, 0.1) is 17.8 Å². The fourth-order valence-corrected chi connectivity index (χ4v) is 3.62. The third-order valence-corrected chi connectivity index (χ3v) is 4.56. The molecule has 0 radical (unpaired) electrons. The maximum Gasteiger partial charge on any atom is 0.333 e. The lowest BCUT2D eigenvalue weighted by Crippen LogP contribution is -2.24. The van der Waals surface area contributed by atoms with E-state index in [2.05, 4.69) is 43.0 Å². The molecular weight excluding hydrogens is 248 g/mol. The van der Waals surface area contributed by atoms with Gasteiger partial charge in [-0.05, 0) is 36.7 Å². The molecular formula is C18H20O2. The Morgan fingerprint density at radius 2 is 1.95 bits per heavy atom. The van der Waals surface area contributed by atoms with Gasteiger partial charge in [0.15, 0.2) is 0 Å². The van der Waals surface area contributed by atoms with Crippen LogP contribution in [0.1, 0.15) is 24.8 Å². The fraction of sp³-hybridized carbons (Fsp3) is 0.389. The van der Waals surface area contributed by atoms with Crippen LogP contribution in [0.15, 0.2) is 54.6 Å². The largest absolute Gasteiger partial charge is 0.462 e. The first-order valence-corrected chi connectivity index (χ1v) is 7.22. The highest BCUT2D eigenvalue weighted by atomic mass is 16.5. The van der Waals surface area contributed by atoms with Crippen molar-refractivity contribution in [3.8, 4) is 0 Å². The average molecular weight is 268 g/mol. The summed E-state index contributed by atoms with van der Waals surface area (Å²) in [7, 11) is 0. The Bertz CT molecular complexity index is 544. The van der Waals surface area contributed by atoms with Gasteiger partial charge in [-0.1, -0.05) is 49.1 Å². The second-order valence-electron chi connectivity index (χ2n) is 5.93.